The Balaban J connectivity index is 2.60. The number of benzene rings is 1. The lowest BCUT2D eigenvalue weighted by atomic mass is 9.97. The molecular formula is C20H24F3NO2Si. The van der Waals surface area contributed by atoms with Crippen LogP contribution in [0.2, 0.25) is 18.1 Å². The molecule has 0 aliphatic rings. The zero-order valence-corrected chi connectivity index (χ0v) is 17.1. The first-order valence-corrected chi connectivity index (χ1v) is 11.5. The van der Waals surface area contributed by atoms with Gasteiger partial charge in [-0.15, -0.1) is 0 Å². The number of pyridine rings is 1. The van der Waals surface area contributed by atoms with Crippen LogP contribution in [0.5, 0.6) is 0 Å². The molecule has 1 atom stereocenters. The molecular weight excluding hydrogens is 371 g/mol. The van der Waals surface area contributed by atoms with Crippen molar-refractivity contribution in [2.24, 2.45) is 0 Å². The number of hydrogen-bond acceptors (Lipinski definition) is 3. The van der Waals surface area contributed by atoms with Crippen LogP contribution in [0.4, 0.5) is 13.2 Å². The average molecular weight is 395 g/mol. The normalized spacial score (nSPS) is 14.1. The van der Waals surface area contributed by atoms with Gasteiger partial charge in [0.15, 0.2) is 14.1 Å². The zero-order valence-electron chi connectivity index (χ0n) is 16.1. The lowest BCUT2D eigenvalue weighted by molar-refractivity contribution is -0.139. The van der Waals surface area contributed by atoms with Gasteiger partial charge in [-0.2, -0.15) is 13.2 Å². The van der Waals surface area contributed by atoms with Gasteiger partial charge in [-0.1, -0.05) is 51.1 Å². The topological polar surface area (TPSA) is 39.2 Å². The molecule has 2 aromatic rings. The quantitative estimate of drug-likeness (QED) is 0.457. The van der Waals surface area contributed by atoms with Crippen molar-refractivity contribution in [3.63, 3.8) is 0 Å². The highest BCUT2D eigenvalue weighted by molar-refractivity contribution is 6.74. The number of alkyl halides is 3. The Bertz CT molecular complexity index is 799. The monoisotopic (exact) mass is 395 g/mol. The van der Waals surface area contributed by atoms with Gasteiger partial charge in [0.1, 0.15) is 6.10 Å². The lowest BCUT2D eigenvalue weighted by Crippen LogP contribution is -2.43. The molecule has 0 radical (unpaired) electrons. The molecule has 0 bridgehead atoms. The molecule has 1 aromatic heterocycles. The predicted octanol–water partition coefficient (Wildman–Crippen LogP) is 6.05. The predicted molar refractivity (Wildman–Crippen MR) is 101 cm³/mol. The maximum atomic E-state index is 13.5. The SMILES string of the molecule is CC(C)(C)[Si](C)(C)OC(C(=O)c1ccccc1)c1ccncc1C(F)(F)F. The van der Waals surface area contributed by atoms with E-state index in [9.17, 15) is 18.0 Å². The standard InChI is InChI=1S/C20H24F3NO2Si/c1-19(2,3)27(4,5)26-18(17(25)14-9-7-6-8-10-14)15-11-12-24-13-16(15)20(21,22)23/h6-13,18H,1-5H3. The maximum absolute atomic E-state index is 13.5. The van der Waals surface area contributed by atoms with Gasteiger partial charge in [0, 0.05) is 23.5 Å². The lowest BCUT2D eigenvalue weighted by Gasteiger charge is -2.39. The van der Waals surface area contributed by atoms with Crippen molar-refractivity contribution in [3.8, 4) is 0 Å². The number of carbonyl (C=O) groups is 1. The molecule has 146 valence electrons. The van der Waals surface area contributed by atoms with Crippen LogP contribution in [0.3, 0.4) is 0 Å². The summed E-state index contributed by atoms with van der Waals surface area (Å²) in [6.07, 6.45) is -3.97. The fourth-order valence-corrected chi connectivity index (χ4v) is 3.53. The summed E-state index contributed by atoms with van der Waals surface area (Å²) >= 11 is 0. The average Bonchev–Trinajstić information content (AvgIpc) is 2.58. The Kier molecular flexibility index (Phi) is 5.96. The first kappa shape index (κ1) is 21.3. The molecule has 0 saturated heterocycles. The number of carbonyl (C=O) groups excluding carboxylic acids is 1. The second-order valence-electron chi connectivity index (χ2n) is 7.95. The van der Waals surface area contributed by atoms with Crippen LogP contribution in [0.1, 0.15) is 48.4 Å². The summed E-state index contributed by atoms with van der Waals surface area (Å²) in [4.78, 5) is 16.7. The number of nitrogens with zero attached hydrogens (tertiary/aromatic N) is 1. The van der Waals surface area contributed by atoms with Crippen molar-refractivity contribution in [2.45, 2.75) is 51.2 Å². The van der Waals surface area contributed by atoms with Gasteiger partial charge >= 0.3 is 6.18 Å². The molecule has 1 aromatic carbocycles. The van der Waals surface area contributed by atoms with E-state index in [2.05, 4.69) is 4.98 Å². The summed E-state index contributed by atoms with van der Waals surface area (Å²) < 4.78 is 46.8. The molecule has 0 aliphatic carbocycles. The molecule has 0 spiro atoms. The second-order valence-corrected chi connectivity index (χ2v) is 12.7. The Morgan fingerprint density at radius 2 is 1.67 bits per heavy atom. The summed E-state index contributed by atoms with van der Waals surface area (Å²) in [6, 6.07) is 9.48. The smallest absolute Gasteiger partial charge is 0.403 e. The summed E-state index contributed by atoms with van der Waals surface area (Å²) in [6.45, 7) is 9.74. The van der Waals surface area contributed by atoms with Crippen LogP contribution in [-0.2, 0) is 10.6 Å². The van der Waals surface area contributed by atoms with Crippen molar-refractivity contribution in [1.82, 2.24) is 4.98 Å². The Hall–Kier alpha value is -1.99. The molecule has 0 fully saturated rings. The summed E-state index contributed by atoms with van der Waals surface area (Å²) in [5.74, 6) is -0.489. The minimum absolute atomic E-state index is 0.198. The van der Waals surface area contributed by atoms with E-state index in [0.717, 1.165) is 6.20 Å². The molecule has 2 rings (SSSR count). The van der Waals surface area contributed by atoms with E-state index in [1.165, 1.54) is 12.3 Å². The number of aromatic nitrogens is 1. The van der Waals surface area contributed by atoms with Gasteiger partial charge in [-0.05, 0) is 24.2 Å². The third kappa shape index (κ3) is 4.84. The number of rotatable bonds is 5. The van der Waals surface area contributed by atoms with Crippen molar-refractivity contribution in [2.75, 3.05) is 0 Å². The zero-order chi connectivity index (χ0) is 20.5. The van der Waals surface area contributed by atoms with E-state index < -0.39 is 31.9 Å². The van der Waals surface area contributed by atoms with Crippen LogP contribution in [-0.4, -0.2) is 19.1 Å². The van der Waals surface area contributed by atoms with E-state index in [4.69, 9.17) is 4.43 Å². The fourth-order valence-electron chi connectivity index (χ4n) is 2.35. The molecule has 3 nitrogen and oxygen atoms in total. The van der Waals surface area contributed by atoms with Gasteiger partial charge in [0.05, 0.1) is 5.56 Å². The Morgan fingerprint density at radius 3 is 2.19 bits per heavy atom. The number of ketones is 1. The highest BCUT2D eigenvalue weighted by Crippen LogP contribution is 2.43. The molecule has 1 unspecified atom stereocenters. The molecule has 7 heteroatoms. The van der Waals surface area contributed by atoms with Crippen LogP contribution >= 0.6 is 0 Å². The van der Waals surface area contributed by atoms with E-state index in [1.807, 2.05) is 33.9 Å². The first-order chi connectivity index (χ1) is 12.3. The third-order valence-electron chi connectivity index (χ3n) is 4.96. The number of Topliss-reactive ketones (excluding diaryl/α,β-unsaturated/α-hetero) is 1. The highest BCUT2D eigenvalue weighted by Gasteiger charge is 2.44. The molecule has 0 N–H and O–H groups in total. The first-order valence-electron chi connectivity index (χ1n) is 8.63. The molecule has 0 amide bonds. The van der Waals surface area contributed by atoms with Gasteiger partial charge < -0.3 is 4.43 Å². The molecule has 0 saturated carbocycles. The molecule has 27 heavy (non-hydrogen) atoms. The van der Waals surface area contributed by atoms with E-state index >= 15 is 0 Å². The van der Waals surface area contributed by atoms with E-state index in [1.54, 1.807) is 30.3 Å². The van der Waals surface area contributed by atoms with Crippen molar-refractivity contribution >= 4 is 14.1 Å². The minimum atomic E-state index is -4.63. The highest BCUT2D eigenvalue weighted by atomic mass is 28.4. The third-order valence-corrected chi connectivity index (χ3v) is 9.40. The van der Waals surface area contributed by atoms with E-state index in [-0.39, 0.29) is 10.6 Å². The maximum Gasteiger partial charge on any atom is 0.418 e. The number of halogens is 3. The van der Waals surface area contributed by atoms with Crippen LogP contribution in [0.15, 0.2) is 48.8 Å². The van der Waals surface area contributed by atoms with E-state index in [0.29, 0.717) is 5.56 Å². The number of hydrogen-bond donors (Lipinski definition) is 0. The summed E-state index contributed by atoms with van der Waals surface area (Å²) in [5, 5.41) is -0.270. The van der Waals surface area contributed by atoms with Crippen LogP contribution in [0, 0.1) is 0 Å². The van der Waals surface area contributed by atoms with Crippen molar-refractivity contribution < 1.29 is 22.4 Å². The Labute approximate surface area is 158 Å². The molecule has 0 aliphatic heterocycles. The van der Waals surface area contributed by atoms with Crippen LogP contribution in [0.25, 0.3) is 0 Å². The summed E-state index contributed by atoms with van der Waals surface area (Å²) in [7, 11) is -2.54. The van der Waals surface area contributed by atoms with Gasteiger partial charge in [-0.3, -0.25) is 9.78 Å². The fraction of sp³-hybridized carbons (Fsp3) is 0.400. The van der Waals surface area contributed by atoms with Gasteiger partial charge in [0.2, 0.25) is 0 Å². The van der Waals surface area contributed by atoms with Crippen molar-refractivity contribution in [1.29, 1.82) is 0 Å². The van der Waals surface area contributed by atoms with Gasteiger partial charge in [-0.25, -0.2) is 0 Å². The summed E-state index contributed by atoms with van der Waals surface area (Å²) in [5.41, 5.74) is -0.833. The Morgan fingerprint density at radius 1 is 1.07 bits per heavy atom. The minimum Gasteiger partial charge on any atom is -0.403 e. The van der Waals surface area contributed by atoms with Gasteiger partial charge in [0.25, 0.3) is 0 Å². The molecule has 1 heterocycles. The van der Waals surface area contributed by atoms with Crippen molar-refractivity contribution in [3.05, 3.63) is 65.5 Å². The van der Waals surface area contributed by atoms with Crippen LogP contribution < -0.4 is 0 Å². The largest absolute Gasteiger partial charge is 0.418 e. The second kappa shape index (κ2) is 7.56.